The van der Waals surface area contributed by atoms with E-state index >= 15 is 0 Å². The standard InChI is InChI=1S/C18H22N2O2/c1-14(15-9-5-3-6-10-15)20-17(21)19-13-18(2,22)16-11-7-4-8-12-16/h3-12,14,22H,13H2,1-2H3,(H2,19,20,21). The van der Waals surface area contributed by atoms with Crippen LogP contribution in [0.1, 0.15) is 31.0 Å². The molecule has 4 heteroatoms. The zero-order chi connectivity index (χ0) is 16.0. The Morgan fingerprint density at radius 2 is 1.64 bits per heavy atom. The van der Waals surface area contributed by atoms with Crippen LogP contribution in [0.4, 0.5) is 4.79 Å². The highest BCUT2D eigenvalue weighted by atomic mass is 16.3. The Labute approximate surface area is 131 Å². The molecule has 2 unspecified atom stereocenters. The molecule has 0 saturated carbocycles. The molecule has 0 bridgehead atoms. The van der Waals surface area contributed by atoms with Crippen molar-refractivity contribution in [3.63, 3.8) is 0 Å². The minimum absolute atomic E-state index is 0.0946. The molecular weight excluding hydrogens is 276 g/mol. The third-order valence-corrected chi connectivity index (χ3v) is 3.64. The van der Waals surface area contributed by atoms with E-state index in [1.165, 1.54) is 0 Å². The second-order valence-electron chi connectivity index (χ2n) is 5.60. The molecule has 0 heterocycles. The fraction of sp³-hybridized carbons (Fsp3) is 0.278. The molecule has 0 spiro atoms. The Kier molecular flexibility index (Phi) is 5.17. The van der Waals surface area contributed by atoms with Crippen molar-refractivity contribution in [3.8, 4) is 0 Å². The molecule has 2 aromatic carbocycles. The van der Waals surface area contributed by atoms with E-state index in [1.54, 1.807) is 6.92 Å². The summed E-state index contributed by atoms with van der Waals surface area (Å²) in [7, 11) is 0. The minimum atomic E-state index is -1.10. The van der Waals surface area contributed by atoms with Crippen LogP contribution in [0.2, 0.25) is 0 Å². The number of carbonyl (C=O) groups excluding carboxylic acids is 1. The van der Waals surface area contributed by atoms with Crippen molar-refractivity contribution in [3.05, 3.63) is 71.8 Å². The maximum atomic E-state index is 12.0. The molecule has 0 aromatic heterocycles. The number of rotatable bonds is 5. The van der Waals surface area contributed by atoms with Crippen LogP contribution in [0.15, 0.2) is 60.7 Å². The summed E-state index contributed by atoms with van der Waals surface area (Å²) in [5, 5.41) is 16.0. The molecule has 0 aliphatic heterocycles. The van der Waals surface area contributed by atoms with Gasteiger partial charge in [0.25, 0.3) is 0 Å². The van der Waals surface area contributed by atoms with Crippen LogP contribution in [0.3, 0.4) is 0 Å². The zero-order valence-corrected chi connectivity index (χ0v) is 12.9. The van der Waals surface area contributed by atoms with Crippen molar-refractivity contribution in [2.75, 3.05) is 6.54 Å². The van der Waals surface area contributed by atoms with Gasteiger partial charge in [0.2, 0.25) is 0 Å². The predicted octanol–water partition coefficient (Wildman–Crippen LogP) is 2.95. The first kappa shape index (κ1) is 16.0. The summed E-state index contributed by atoms with van der Waals surface area (Å²) < 4.78 is 0. The Morgan fingerprint density at radius 3 is 2.23 bits per heavy atom. The van der Waals surface area contributed by atoms with Crippen molar-refractivity contribution in [1.82, 2.24) is 10.6 Å². The maximum Gasteiger partial charge on any atom is 0.315 e. The van der Waals surface area contributed by atoms with Gasteiger partial charge in [0.1, 0.15) is 5.60 Å². The number of nitrogens with one attached hydrogen (secondary N) is 2. The van der Waals surface area contributed by atoms with Crippen molar-refractivity contribution < 1.29 is 9.90 Å². The lowest BCUT2D eigenvalue weighted by Crippen LogP contribution is -2.44. The largest absolute Gasteiger partial charge is 0.384 e. The molecule has 2 amide bonds. The highest BCUT2D eigenvalue weighted by molar-refractivity contribution is 5.74. The van der Waals surface area contributed by atoms with Gasteiger partial charge in [-0.05, 0) is 25.0 Å². The van der Waals surface area contributed by atoms with Gasteiger partial charge < -0.3 is 15.7 Å². The van der Waals surface area contributed by atoms with Crippen LogP contribution in [0, 0.1) is 0 Å². The van der Waals surface area contributed by atoms with Crippen molar-refractivity contribution in [1.29, 1.82) is 0 Å². The maximum absolute atomic E-state index is 12.0. The summed E-state index contributed by atoms with van der Waals surface area (Å²) in [6.45, 7) is 3.75. The molecule has 2 rings (SSSR count). The lowest BCUT2D eigenvalue weighted by molar-refractivity contribution is 0.0593. The molecule has 0 aliphatic rings. The fourth-order valence-corrected chi connectivity index (χ4v) is 2.22. The van der Waals surface area contributed by atoms with Crippen LogP contribution in [-0.4, -0.2) is 17.7 Å². The first-order valence-corrected chi connectivity index (χ1v) is 7.36. The second kappa shape index (κ2) is 7.09. The Bertz CT molecular complexity index is 597. The monoisotopic (exact) mass is 298 g/mol. The van der Waals surface area contributed by atoms with Crippen LogP contribution in [0.25, 0.3) is 0 Å². The van der Waals surface area contributed by atoms with E-state index < -0.39 is 5.60 Å². The smallest absolute Gasteiger partial charge is 0.315 e. The van der Waals surface area contributed by atoms with Gasteiger partial charge in [-0.25, -0.2) is 4.79 Å². The SMILES string of the molecule is CC(NC(=O)NCC(C)(O)c1ccccc1)c1ccccc1. The number of hydrogen-bond donors (Lipinski definition) is 3. The quantitative estimate of drug-likeness (QED) is 0.795. The lowest BCUT2D eigenvalue weighted by Gasteiger charge is -2.25. The predicted molar refractivity (Wildman–Crippen MR) is 87.4 cm³/mol. The summed E-state index contributed by atoms with van der Waals surface area (Å²) in [5.74, 6) is 0. The average Bonchev–Trinajstić information content (AvgIpc) is 2.55. The number of carbonyl (C=O) groups is 1. The molecule has 0 aliphatic carbocycles. The molecule has 116 valence electrons. The van der Waals surface area contributed by atoms with Crippen molar-refractivity contribution in [2.24, 2.45) is 0 Å². The van der Waals surface area contributed by atoms with Crippen LogP contribution < -0.4 is 10.6 Å². The first-order chi connectivity index (χ1) is 10.5. The highest BCUT2D eigenvalue weighted by Crippen LogP contribution is 2.19. The molecule has 2 atom stereocenters. The molecule has 22 heavy (non-hydrogen) atoms. The summed E-state index contributed by atoms with van der Waals surface area (Å²) in [5.41, 5.74) is 0.702. The number of hydrogen-bond acceptors (Lipinski definition) is 2. The van der Waals surface area contributed by atoms with Gasteiger partial charge in [0.15, 0.2) is 0 Å². The molecule has 0 fully saturated rings. The molecule has 0 radical (unpaired) electrons. The summed E-state index contributed by atoms with van der Waals surface area (Å²) in [6, 6.07) is 18.6. The van der Waals surface area contributed by atoms with E-state index in [0.29, 0.717) is 0 Å². The van der Waals surface area contributed by atoms with E-state index in [9.17, 15) is 9.90 Å². The van der Waals surface area contributed by atoms with Gasteiger partial charge in [-0.1, -0.05) is 60.7 Å². The van der Waals surface area contributed by atoms with Crippen LogP contribution >= 0.6 is 0 Å². The third-order valence-electron chi connectivity index (χ3n) is 3.64. The van der Waals surface area contributed by atoms with Crippen molar-refractivity contribution in [2.45, 2.75) is 25.5 Å². The number of aliphatic hydroxyl groups is 1. The van der Waals surface area contributed by atoms with Gasteiger partial charge in [-0.2, -0.15) is 0 Å². The van der Waals surface area contributed by atoms with E-state index in [4.69, 9.17) is 0 Å². The van der Waals surface area contributed by atoms with E-state index in [-0.39, 0.29) is 18.6 Å². The molecule has 2 aromatic rings. The second-order valence-corrected chi connectivity index (χ2v) is 5.60. The Hall–Kier alpha value is -2.33. The van der Waals surface area contributed by atoms with Crippen molar-refractivity contribution >= 4 is 6.03 Å². The average molecular weight is 298 g/mol. The van der Waals surface area contributed by atoms with Gasteiger partial charge in [0.05, 0.1) is 12.6 Å². The topological polar surface area (TPSA) is 61.4 Å². The van der Waals surface area contributed by atoms with Gasteiger partial charge in [-0.3, -0.25) is 0 Å². The van der Waals surface area contributed by atoms with E-state index in [1.807, 2.05) is 67.6 Å². The zero-order valence-electron chi connectivity index (χ0n) is 12.9. The van der Waals surface area contributed by atoms with Crippen LogP contribution in [-0.2, 0) is 5.60 Å². The molecule has 4 nitrogen and oxygen atoms in total. The number of urea groups is 1. The fourth-order valence-electron chi connectivity index (χ4n) is 2.22. The van der Waals surface area contributed by atoms with Gasteiger partial charge in [0, 0.05) is 0 Å². The van der Waals surface area contributed by atoms with E-state index in [0.717, 1.165) is 11.1 Å². The van der Waals surface area contributed by atoms with Gasteiger partial charge in [-0.15, -0.1) is 0 Å². The first-order valence-electron chi connectivity index (χ1n) is 7.36. The normalized spacial score (nSPS) is 14.7. The number of amides is 2. The molecular formula is C18H22N2O2. The Morgan fingerprint density at radius 1 is 1.09 bits per heavy atom. The molecule has 3 N–H and O–H groups in total. The summed E-state index contributed by atoms with van der Waals surface area (Å²) in [6.07, 6.45) is 0. The Balaban J connectivity index is 1.88. The van der Waals surface area contributed by atoms with Crippen LogP contribution in [0.5, 0.6) is 0 Å². The minimum Gasteiger partial charge on any atom is -0.384 e. The summed E-state index contributed by atoms with van der Waals surface area (Å²) in [4.78, 5) is 12.0. The third kappa shape index (κ3) is 4.33. The summed E-state index contributed by atoms with van der Waals surface area (Å²) >= 11 is 0. The van der Waals surface area contributed by atoms with E-state index in [2.05, 4.69) is 10.6 Å². The molecule has 0 saturated heterocycles. The highest BCUT2D eigenvalue weighted by Gasteiger charge is 2.23. The van der Waals surface area contributed by atoms with Gasteiger partial charge >= 0.3 is 6.03 Å². The lowest BCUT2D eigenvalue weighted by atomic mass is 9.96. The number of benzene rings is 2.